The molecule has 0 aliphatic carbocycles. The predicted octanol–water partition coefficient (Wildman–Crippen LogP) is 1.23. The minimum Gasteiger partial charge on any atom is -0.481 e. The fraction of sp³-hybridized carbons (Fsp3) is 0.667. The zero-order chi connectivity index (χ0) is 17.2. The normalized spacial score (nSPS) is 21.8. The number of hydrogen-bond acceptors (Lipinski definition) is 6. The number of sulfonamides is 1. The first-order valence-corrected chi connectivity index (χ1v) is 9.86. The number of pyridine rings is 1. The molecule has 0 saturated carbocycles. The van der Waals surface area contributed by atoms with E-state index in [1.165, 1.54) is 23.5 Å². The number of methoxy groups -OCH3 is 1. The number of halogens is 1. The Balaban J connectivity index is 1.68. The van der Waals surface area contributed by atoms with E-state index in [4.69, 9.17) is 21.1 Å². The fourth-order valence-electron chi connectivity index (χ4n) is 3.21. The van der Waals surface area contributed by atoms with E-state index in [1.54, 1.807) is 0 Å². The van der Waals surface area contributed by atoms with Crippen molar-refractivity contribution in [2.24, 2.45) is 0 Å². The lowest BCUT2D eigenvalue weighted by atomic mass is 10.1. The summed E-state index contributed by atoms with van der Waals surface area (Å²) >= 11 is 6.04. The minimum absolute atomic E-state index is 0.0319. The van der Waals surface area contributed by atoms with Crippen LogP contribution in [0.3, 0.4) is 0 Å². The van der Waals surface area contributed by atoms with Crippen LogP contribution in [0.4, 0.5) is 0 Å². The van der Waals surface area contributed by atoms with Crippen LogP contribution in [0.5, 0.6) is 5.88 Å². The van der Waals surface area contributed by atoms with Gasteiger partial charge in [-0.15, -0.1) is 0 Å². The van der Waals surface area contributed by atoms with E-state index in [-0.39, 0.29) is 10.0 Å². The summed E-state index contributed by atoms with van der Waals surface area (Å²) in [4.78, 5) is 6.35. The summed E-state index contributed by atoms with van der Waals surface area (Å²) in [7, 11) is -2.18. The lowest BCUT2D eigenvalue weighted by molar-refractivity contribution is 0.0229. The van der Waals surface area contributed by atoms with Crippen LogP contribution in [0.2, 0.25) is 5.15 Å². The Kier molecular flexibility index (Phi) is 5.61. The van der Waals surface area contributed by atoms with Crippen LogP contribution in [0.1, 0.15) is 12.8 Å². The van der Waals surface area contributed by atoms with Crippen LogP contribution in [-0.4, -0.2) is 75.2 Å². The molecule has 9 heteroatoms. The average molecular weight is 376 g/mol. The summed E-state index contributed by atoms with van der Waals surface area (Å²) in [6, 6.07) is 3.46. The molecule has 3 heterocycles. The molecule has 7 nitrogen and oxygen atoms in total. The highest BCUT2D eigenvalue weighted by molar-refractivity contribution is 7.89. The molecular weight excluding hydrogens is 354 g/mol. The molecule has 0 bridgehead atoms. The Bertz CT molecular complexity index is 671. The zero-order valence-corrected chi connectivity index (χ0v) is 15.2. The smallest absolute Gasteiger partial charge is 0.246 e. The molecule has 24 heavy (non-hydrogen) atoms. The summed E-state index contributed by atoms with van der Waals surface area (Å²) < 4.78 is 37.5. The van der Waals surface area contributed by atoms with E-state index >= 15 is 0 Å². The third-order valence-corrected chi connectivity index (χ3v) is 6.93. The number of rotatable bonds is 4. The molecule has 0 amide bonds. The molecule has 0 unspecified atom stereocenters. The van der Waals surface area contributed by atoms with Crippen LogP contribution in [0.25, 0.3) is 0 Å². The average Bonchev–Trinajstić information content (AvgIpc) is 2.62. The van der Waals surface area contributed by atoms with Crippen molar-refractivity contribution in [1.29, 1.82) is 0 Å². The second kappa shape index (κ2) is 7.53. The van der Waals surface area contributed by atoms with Crippen molar-refractivity contribution in [2.45, 2.75) is 23.8 Å². The molecule has 134 valence electrons. The van der Waals surface area contributed by atoms with Crippen molar-refractivity contribution in [3.05, 3.63) is 17.3 Å². The first kappa shape index (κ1) is 17.9. The van der Waals surface area contributed by atoms with Crippen LogP contribution in [0.15, 0.2) is 17.0 Å². The molecule has 1 aromatic rings. The van der Waals surface area contributed by atoms with Crippen molar-refractivity contribution < 1.29 is 17.9 Å². The Hall–Kier alpha value is -0.930. The van der Waals surface area contributed by atoms with Crippen molar-refractivity contribution in [3.8, 4) is 5.88 Å². The van der Waals surface area contributed by atoms with Gasteiger partial charge in [0, 0.05) is 51.5 Å². The van der Waals surface area contributed by atoms with Gasteiger partial charge in [0.05, 0.1) is 7.11 Å². The molecule has 0 atom stereocenters. The van der Waals surface area contributed by atoms with Gasteiger partial charge in [0.1, 0.15) is 4.90 Å². The second-order valence-corrected chi connectivity index (χ2v) is 8.19. The van der Waals surface area contributed by atoms with Crippen LogP contribution < -0.4 is 4.74 Å². The van der Waals surface area contributed by atoms with Gasteiger partial charge in [0.25, 0.3) is 0 Å². The van der Waals surface area contributed by atoms with E-state index in [0.29, 0.717) is 25.0 Å². The summed E-state index contributed by atoms with van der Waals surface area (Å²) in [5, 5.41) is -0.0544. The van der Waals surface area contributed by atoms with Gasteiger partial charge in [-0.1, -0.05) is 11.6 Å². The molecule has 3 rings (SSSR count). The fourth-order valence-corrected chi connectivity index (χ4v) is 5.07. The maximum absolute atomic E-state index is 12.8. The molecule has 2 aliphatic rings. The van der Waals surface area contributed by atoms with Gasteiger partial charge >= 0.3 is 0 Å². The van der Waals surface area contributed by atoms with Crippen molar-refractivity contribution in [3.63, 3.8) is 0 Å². The SMILES string of the molecule is COc1ccc(S(=O)(=O)N2CCN(C3CCOCC3)CC2)c(Cl)n1. The number of ether oxygens (including phenoxy) is 2. The van der Waals surface area contributed by atoms with E-state index in [2.05, 4.69) is 9.88 Å². The minimum atomic E-state index is -3.64. The Morgan fingerprint density at radius 3 is 2.46 bits per heavy atom. The van der Waals surface area contributed by atoms with E-state index in [1.807, 2.05) is 0 Å². The van der Waals surface area contributed by atoms with Crippen LogP contribution >= 0.6 is 11.6 Å². The van der Waals surface area contributed by atoms with Gasteiger partial charge in [-0.2, -0.15) is 4.31 Å². The van der Waals surface area contributed by atoms with E-state index in [0.717, 1.165) is 39.1 Å². The third kappa shape index (κ3) is 3.67. The van der Waals surface area contributed by atoms with Crippen LogP contribution in [0, 0.1) is 0 Å². The summed E-state index contributed by atoms with van der Waals surface area (Å²) in [5.41, 5.74) is 0. The highest BCUT2D eigenvalue weighted by atomic mass is 35.5. The maximum atomic E-state index is 12.8. The zero-order valence-electron chi connectivity index (χ0n) is 13.6. The number of piperazine rings is 1. The predicted molar refractivity (Wildman–Crippen MR) is 90.0 cm³/mol. The molecule has 0 spiro atoms. The lowest BCUT2D eigenvalue weighted by Crippen LogP contribution is -2.52. The maximum Gasteiger partial charge on any atom is 0.246 e. The Morgan fingerprint density at radius 1 is 1.21 bits per heavy atom. The van der Waals surface area contributed by atoms with Crippen molar-refractivity contribution in [2.75, 3.05) is 46.5 Å². The standard InChI is InChI=1S/C15H22ClN3O4S/c1-22-14-3-2-13(15(16)17-14)24(20,21)19-8-6-18(7-9-19)12-4-10-23-11-5-12/h2-3,12H,4-11H2,1H3. The summed E-state index contributed by atoms with van der Waals surface area (Å²) in [5.74, 6) is 0.295. The highest BCUT2D eigenvalue weighted by Gasteiger charge is 2.33. The molecular formula is C15H22ClN3O4S. The molecule has 2 saturated heterocycles. The Morgan fingerprint density at radius 2 is 1.88 bits per heavy atom. The molecule has 0 N–H and O–H groups in total. The topological polar surface area (TPSA) is 72.0 Å². The summed E-state index contributed by atoms with van der Waals surface area (Å²) in [6.07, 6.45) is 2.03. The van der Waals surface area contributed by atoms with E-state index in [9.17, 15) is 8.42 Å². The summed E-state index contributed by atoms with van der Waals surface area (Å²) in [6.45, 7) is 3.95. The largest absolute Gasteiger partial charge is 0.481 e. The van der Waals surface area contributed by atoms with E-state index < -0.39 is 10.0 Å². The molecule has 0 radical (unpaired) electrons. The van der Waals surface area contributed by atoms with Gasteiger partial charge in [-0.3, -0.25) is 4.90 Å². The number of nitrogens with zero attached hydrogens (tertiary/aromatic N) is 3. The van der Waals surface area contributed by atoms with Gasteiger partial charge < -0.3 is 9.47 Å². The quantitative estimate of drug-likeness (QED) is 0.737. The Labute approximate surface area is 147 Å². The molecule has 2 fully saturated rings. The first-order chi connectivity index (χ1) is 11.5. The van der Waals surface area contributed by atoms with Crippen molar-refractivity contribution in [1.82, 2.24) is 14.2 Å². The lowest BCUT2D eigenvalue weighted by Gasteiger charge is -2.40. The van der Waals surface area contributed by atoms with Gasteiger partial charge in [0.2, 0.25) is 15.9 Å². The van der Waals surface area contributed by atoms with Gasteiger partial charge in [0.15, 0.2) is 5.15 Å². The molecule has 0 aromatic carbocycles. The molecule has 1 aromatic heterocycles. The number of aromatic nitrogens is 1. The highest BCUT2D eigenvalue weighted by Crippen LogP contribution is 2.27. The van der Waals surface area contributed by atoms with Crippen molar-refractivity contribution >= 4 is 21.6 Å². The van der Waals surface area contributed by atoms with Gasteiger partial charge in [-0.05, 0) is 18.9 Å². The third-order valence-electron chi connectivity index (χ3n) is 4.60. The second-order valence-electron chi connectivity index (χ2n) is 5.93. The van der Waals surface area contributed by atoms with Crippen LogP contribution in [-0.2, 0) is 14.8 Å². The molecule has 2 aliphatic heterocycles. The monoisotopic (exact) mass is 375 g/mol. The first-order valence-electron chi connectivity index (χ1n) is 8.05. The van der Waals surface area contributed by atoms with Gasteiger partial charge in [-0.25, -0.2) is 13.4 Å². The number of hydrogen-bond donors (Lipinski definition) is 0.